The molecule has 1 aliphatic heterocycles. The third-order valence-electron chi connectivity index (χ3n) is 4.75. The first kappa shape index (κ1) is 21.2. The van der Waals surface area contributed by atoms with Crippen molar-refractivity contribution in [2.75, 3.05) is 6.61 Å². The molecule has 1 aliphatic rings. The molecule has 2 amide bonds. The molecule has 154 valence electrons. The van der Waals surface area contributed by atoms with Crippen molar-refractivity contribution in [2.24, 2.45) is 0 Å². The number of halogens is 4. The van der Waals surface area contributed by atoms with E-state index in [0.717, 1.165) is 11.0 Å². The maximum absolute atomic E-state index is 13.2. The summed E-state index contributed by atoms with van der Waals surface area (Å²) in [5.41, 5.74) is -1.31. The summed E-state index contributed by atoms with van der Waals surface area (Å²) in [5.74, 6) is -0.710. The van der Waals surface area contributed by atoms with E-state index >= 15 is 0 Å². The highest BCUT2D eigenvalue weighted by atomic mass is 35.5. The fraction of sp³-hybridized carbons (Fsp3) is 0.333. The van der Waals surface area contributed by atoms with Crippen molar-refractivity contribution in [2.45, 2.75) is 38.9 Å². The van der Waals surface area contributed by atoms with Crippen molar-refractivity contribution in [1.82, 2.24) is 4.90 Å². The van der Waals surface area contributed by atoms with Gasteiger partial charge in [-0.1, -0.05) is 23.7 Å². The van der Waals surface area contributed by atoms with E-state index in [1.165, 1.54) is 18.2 Å². The van der Waals surface area contributed by atoms with Crippen LogP contribution in [0.2, 0.25) is 5.02 Å². The maximum Gasteiger partial charge on any atom is 0.417 e. The number of amides is 2. The zero-order valence-corrected chi connectivity index (χ0v) is 16.8. The summed E-state index contributed by atoms with van der Waals surface area (Å²) in [5, 5.41) is -0.402. The first-order valence-electron chi connectivity index (χ1n) is 8.97. The van der Waals surface area contributed by atoms with Gasteiger partial charge in [-0.15, -0.1) is 0 Å². The minimum Gasteiger partial charge on any atom is -0.493 e. The second-order valence-electron chi connectivity index (χ2n) is 7.36. The number of ether oxygens (including phenoxy) is 1. The standard InChI is InChI=1S/C21H19ClF3NO3/c1-4-29-16-7-5-6-13-17(16)19(28)26(18(13)27)20(2,3)11-12-8-9-15(22)14(10-12)21(23,24)25/h5-10H,4,11H2,1-3H3. The van der Waals surface area contributed by atoms with Crippen LogP contribution in [0.15, 0.2) is 36.4 Å². The van der Waals surface area contributed by atoms with Gasteiger partial charge in [-0.3, -0.25) is 14.5 Å². The van der Waals surface area contributed by atoms with Crippen LogP contribution in [0, 0.1) is 0 Å². The zero-order chi connectivity index (χ0) is 21.6. The minimum absolute atomic E-state index is 0.0304. The maximum atomic E-state index is 13.2. The highest BCUT2D eigenvalue weighted by Gasteiger charge is 2.46. The first-order chi connectivity index (χ1) is 13.5. The molecule has 0 unspecified atom stereocenters. The lowest BCUT2D eigenvalue weighted by atomic mass is 9.92. The number of fused-ring (bicyclic) bond motifs is 1. The molecule has 0 saturated carbocycles. The Bertz CT molecular complexity index is 986. The SMILES string of the molecule is CCOc1cccc2c1C(=O)N(C(C)(C)Cc1ccc(Cl)c(C(F)(F)F)c1)C2=O. The van der Waals surface area contributed by atoms with Crippen LogP contribution < -0.4 is 4.74 Å². The number of benzene rings is 2. The average Bonchev–Trinajstić information content (AvgIpc) is 2.88. The molecule has 0 spiro atoms. The van der Waals surface area contributed by atoms with E-state index in [9.17, 15) is 22.8 Å². The van der Waals surface area contributed by atoms with Crippen LogP contribution in [-0.4, -0.2) is 28.9 Å². The highest BCUT2D eigenvalue weighted by molar-refractivity contribution is 6.31. The van der Waals surface area contributed by atoms with Gasteiger partial charge >= 0.3 is 6.18 Å². The molecule has 0 aromatic heterocycles. The molecular formula is C21H19ClF3NO3. The average molecular weight is 426 g/mol. The van der Waals surface area contributed by atoms with E-state index in [1.54, 1.807) is 32.9 Å². The molecule has 29 heavy (non-hydrogen) atoms. The fourth-order valence-corrected chi connectivity index (χ4v) is 3.78. The van der Waals surface area contributed by atoms with Crippen molar-refractivity contribution >= 4 is 23.4 Å². The van der Waals surface area contributed by atoms with Crippen LogP contribution in [-0.2, 0) is 12.6 Å². The van der Waals surface area contributed by atoms with Crippen molar-refractivity contribution < 1.29 is 27.5 Å². The number of imide groups is 1. The lowest BCUT2D eigenvalue weighted by Crippen LogP contribution is -2.49. The van der Waals surface area contributed by atoms with Gasteiger partial charge in [0.25, 0.3) is 11.8 Å². The number of rotatable bonds is 5. The molecule has 0 bridgehead atoms. The molecule has 8 heteroatoms. The molecule has 0 fully saturated rings. The van der Waals surface area contributed by atoms with Gasteiger partial charge in [-0.05, 0) is 57.0 Å². The van der Waals surface area contributed by atoms with Crippen LogP contribution in [0.1, 0.15) is 52.6 Å². The van der Waals surface area contributed by atoms with Crippen LogP contribution in [0.4, 0.5) is 13.2 Å². The molecule has 0 saturated heterocycles. The summed E-state index contributed by atoms with van der Waals surface area (Å²) in [6, 6.07) is 8.36. The predicted octanol–water partition coefficient (Wildman–Crippen LogP) is 5.37. The Morgan fingerprint density at radius 1 is 1.07 bits per heavy atom. The lowest BCUT2D eigenvalue weighted by Gasteiger charge is -2.34. The summed E-state index contributed by atoms with van der Waals surface area (Å²) in [6.07, 6.45) is -4.57. The van der Waals surface area contributed by atoms with Crippen molar-refractivity contribution in [3.8, 4) is 5.75 Å². The van der Waals surface area contributed by atoms with Gasteiger partial charge in [0.15, 0.2) is 0 Å². The first-order valence-corrected chi connectivity index (χ1v) is 9.35. The van der Waals surface area contributed by atoms with Gasteiger partial charge in [-0.2, -0.15) is 13.2 Å². The quantitative estimate of drug-likeness (QED) is 0.604. The molecular weight excluding hydrogens is 407 g/mol. The summed E-state index contributed by atoms with van der Waals surface area (Å²) in [6.45, 7) is 5.36. The number of hydrogen-bond donors (Lipinski definition) is 0. The lowest BCUT2D eigenvalue weighted by molar-refractivity contribution is -0.137. The van der Waals surface area contributed by atoms with Crippen LogP contribution in [0.5, 0.6) is 5.75 Å². The largest absolute Gasteiger partial charge is 0.493 e. The molecule has 0 N–H and O–H groups in total. The predicted molar refractivity (Wildman–Crippen MR) is 102 cm³/mol. The minimum atomic E-state index is -4.60. The van der Waals surface area contributed by atoms with E-state index in [4.69, 9.17) is 16.3 Å². The molecule has 2 aromatic carbocycles. The fourth-order valence-electron chi connectivity index (χ4n) is 3.56. The molecule has 0 radical (unpaired) electrons. The summed E-state index contributed by atoms with van der Waals surface area (Å²) in [7, 11) is 0. The Morgan fingerprint density at radius 2 is 1.76 bits per heavy atom. The third-order valence-corrected chi connectivity index (χ3v) is 5.08. The molecule has 3 rings (SSSR count). The molecule has 0 atom stereocenters. The smallest absolute Gasteiger partial charge is 0.417 e. The summed E-state index contributed by atoms with van der Waals surface area (Å²) in [4.78, 5) is 27.1. The second-order valence-corrected chi connectivity index (χ2v) is 7.77. The number of nitrogens with zero attached hydrogens (tertiary/aromatic N) is 1. The molecule has 1 heterocycles. The van der Waals surface area contributed by atoms with Crippen molar-refractivity contribution in [3.05, 3.63) is 63.7 Å². The monoisotopic (exact) mass is 425 g/mol. The Morgan fingerprint density at radius 3 is 2.38 bits per heavy atom. The summed E-state index contributed by atoms with van der Waals surface area (Å²) >= 11 is 5.68. The summed E-state index contributed by atoms with van der Waals surface area (Å²) < 4.78 is 45.0. The third kappa shape index (κ3) is 3.83. The number of carbonyl (C=O) groups is 2. The van der Waals surface area contributed by atoms with Crippen LogP contribution in [0.3, 0.4) is 0 Å². The topological polar surface area (TPSA) is 46.6 Å². The van der Waals surface area contributed by atoms with E-state index in [2.05, 4.69) is 0 Å². The number of alkyl halides is 3. The number of carbonyl (C=O) groups excluding carboxylic acids is 2. The Kier molecular flexibility index (Phi) is 5.38. The van der Waals surface area contributed by atoms with E-state index in [0.29, 0.717) is 17.9 Å². The van der Waals surface area contributed by atoms with E-state index < -0.39 is 34.1 Å². The number of hydrogen-bond acceptors (Lipinski definition) is 3. The van der Waals surface area contributed by atoms with E-state index in [1.807, 2.05) is 0 Å². The van der Waals surface area contributed by atoms with Gasteiger partial charge in [0, 0.05) is 5.54 Å². The van der Waals surface area contributed by atoms with Gasteiger partial charge in [-0.25, -0.2) is 0 Å². The Hall–Kier alpha value is -2.54. The highest BCUT2D eigenvalue weighted by Crippen LogP contribution is 2.38. The molecule has 4 nitrogen and oxygen atoms in total. The van der Waals surface area contributed by atoms with Crippen LogP contribution in [0.25, 0.3) is 0 Å². The molecule has 2 aromatic rings. The van der Waals surface area contributed by atoms with Crippen molar-refractivity contribution in [1.29, 1.82) is 0 Å². The molecule has 0 aliphatic carbocycles. The zero-order valence-electron chi connectivity index (χ0n) is 16.1. The van der Waals surface area contributed by atoms with Crippen LogP contribution >= 0.6 is 11.6 Å². The van der Waals surface area contributed by atoms with Gasteiger partial charge in [0.1, 0.15) is 5.75 Å². The van der Waals surface area contributed by atoms with Gasteiger partial charge in [0.2, 0.25) is 0 Å². The normalized spacial score (nSPS) is 14.4. The van der Waals surface area contributed by atoms with E-state index in [-0.39, 0.29) is 17.5 Å². The Balaban J connectivity index is 1.96. The van der Waals surface area contributed by atoms with Gasteiger partial charge in [0.05, 0.1) is 28.3 Å². The Labute approximate surface area is 171 Å². The van der Waals surface area contributed by atoms with Crippen molar-refractivity contribution in [3.63, 3.8) is 0 Å². The van der Waals surface area contributed by atoms with Gasteiger partial charge < -0.3 is 4.74 Å². The second kappa shape index (κ2) is 7.37.